The number of likely N-dealkylation sites (N-methyl/N-ethyl adjacent to an activating group) is 1. The van der Waals surface area contributed by atoms with Crippen molar-refractivity contribution in [3.63, 3.8) is 0 Å². The Morgan fingerprint density at radius 3 is 2.26 bits per heavy atom. The van der Waals surface area contributed by atoms with Gasteiger partial charge in [0.15, 0.2) is 6.29 Å². The summed E-state index contributed by atoms with van der Waals surface area (Å²) in [5.74, 6) is -0.641. The average molecular weight is 513 g/mol. The Morgan fingerprint density at radius 1 is 0.947 bits per heavy atom. The number of rotatable bonds is 8. The van der Waals surface area contributed by atoms with Crippen LogP contribution >= 0.6 is 0 Å². The van der Waals surface area contributed by atoms with Crippen LogP contribution in [0.1, 0.15) is 56.7 Å². The van der Waals surface area contributed by atoms with Gasteiger partial charge < -0.3 is 19.5 Å². The molecule has 196 valence electrons. The average Bonchev–Trinajstić information content (AvgIpc) is 3.19. The van der Waals surface area contributed by atoms with Crippen LogP contribution in [0.2, 0.25) is 0 Å². The van der Waals surface area contributed by atoms with Gasteiger partial charge in [-0.3, -0.25) is 9.59 Å². The van der Waals surface area contributed by atoms with Gasteiger partial charge in [0.25, 0.3) is 11.8 Å². The molecule has 3 aromatic rings. The van der Waals surface area contributed by atoms with Gasteiger partial charge in [0.05, 0.1) is 35.6 Å². The van der Waals surface area contributed by atoms with Crippen molar-refractivity contribution in [3.05, 3.63) is 113 Å². The summed E-state index contributed by atoms with van der Waals surface area (Å²) in [6.07, 6.45) is 0.750. The summed E-state index contributed by atoms with van der Waals surface area (Å²) in [7, 11) is 2.02. The molecule has 0 aromatic heterocycles. The minimum atomic E-state index is -0.703. The van der Waals surface area contributed by atoms with Crippen LogP contribution in [-0.4, -0.2) is 48.1 Å². The fraction of sp³-hybridized carbons (Fsp3) is 0.290. The normalized spacial score (nSPS) is 23.1. The van der Waals surface area contributed by atoms with Crippen LogP contribution in [0.4, 0.5) is 5.69 Å². The van der Waals surface area contributed by atoms with Crippen molar-refractivity contribution in [2.24, 2.45) is 5.92 Å². The zero-order valence-corrected chi connectivity index (χ0v) is 21.6. The number of carbonyl (C=O) groups is 2. The maximum atomic E-state index is 13.1. The maximum Gasteiger partial charge on any atom is 0.266 e. The number of anilines is 1. The topological polar surface area (TPSA) is 79.3 Å². The monoisotopic (exact) mass is 512 g/mol. The molecule has 1 fully saturated rings. The van der Waals surface area contributed by atoms with E-state index in [0.717, 1.165) is 23.2 Å². The minimum Gasteiger partial charge on any atom is -0.392 e. The lowest BCUT2D eigenvalue weighted by Crippen LogP contribution is -2.43. The second kappa shape index (κ2) is 11.0. The fourth-order valence-corrected chi connectivity index (χ4v) is 5.16. The van der Waals surface area contributed by atoms with Gasteiger partial charge in [0, 0.05) is 24.6 Å². The molecule has 7 nitrogen and oxygen atoms in total. The van der Waals surface area contributed by atoms with Crippen LogP contribution in [0, 0.1) is 5.92 Å². The van der Waals surface area contributed by atoms with E-state index >= 15 is 0 Å². The molecule has 0 radical (unpaired) electrons. The van der Waals surface area contributed by atoms with Crippen LogP contribution in [0.15, 0.2) is 85.5 Å². The second-order valence-electron chi connectivity index (χ2n) is 9.92. The first-order chi connectivity index (χ1) is 18.4. The van der Waals surface area contributed by atoms with Crippen LogP contribution < -0.4 is 4.90 Å². The van der Waals surface area contributed by atoms with Crippen molar-refractivity contribution < 1.29 is 24.2 Å². The Hall–Kier alpha value is -3.62. The molecular weight excluding hydrogens is 480 g/mol. The highest BCUT2D eigenvalue weighted by atomic mass is 16.7. The number of benzene rings is 3. The van der Waals surface area contributed by atoms with Gasteiger partial charge in [0.1, 0.15) is 0 Å². The van der Waals surface area contributed by atoms with Crippen LogP contribution in [0.3, 0.4) is 0 Å². The third kappa shape index (κ3) is 4.93. The number of aliphatic hydroxyl groups is 1. The molecule has 7 heteroatoms. The van der Waals surface area contributed by atoms with Gasteiger partial charge in [-0.15, -0.1) is 6.58 Å². The maximum absolute atomic E-state index is 13.1. The predicted octanol–water partition coefficient (Wildman–Crippen LogP) is 4.89. The van der Waals surface area contributed by atoms with Gasteiger partial charge in [-0.25, -0.2) is 4.90 Å². The van der Waals surface area contributed by atoms with Gasteiger partial charge in [-0.05, 0) is 42.4 Å². The van der Waals surface area contributed by atoms with Crippen molar-refractivity contribution >= 4 is 17.5 Å². The molecule has 0 saturated carbocycles. The Bertz CT molecular complexity index is 1300. The van der Waals surface area contributed by atoms with E-state index < -0.39 is 6.29 Å². The van der Waals surface area contributed by atoms with Crippen LogP contribution in [0.5, 0.6) is 0 Å². The Kier molecular flexibility index (Phi) is 7.53. The van der Waals surface area contributed by atoms with Gasteiger partial charge >= 0.3 is 0 Å². The molecule has 4 atom stereocenters. The number of hydrogen-bond acceptors (Lipinski definition) is 6. The standard InChI is InChI=1S/C31H32N2O5/c1-4-16-32(3)18-27-20(2)28(22-14-12-21(19-34)13-15-22)38-31(37-27)23-8-7-9-24(17-23)33-29(35)25-10-5-6-11-26(25)30(33)36/h4-15,17,20,27-28,31,34H,1,16,18-19H2,2-3H3/t20-,27+,28+,31+/m0/s1. The molecule has 0 unspecified atom stereocenters. The highest BCUT2D eigenvalue weighted by Crippen LogP contribution is 2.42. The third-order valence-electron chi connectivity index (χ3n) is 7.25. The molecule has 3 aromatic carbocycles. The number of fused-ring (bicyclic) bond motifs is 1. The lowest BCUT2D eigenvalue weighted by molar-refractivity contribution is -0.275. The van der Waals surface area contributed by atoms with E-state index in [-0.39, 0.29) is 36.5 Å². The molecule has 0 bridgehead atoms. The highest BCUT2D eigenvalue weighted by molar-refractivity contribution is 6.34. The van der Waals surface area contributed by atoms with E-state index in [1.54, 1.807) is 36.4 Å². The number of carbonyl (C=O) groups excluding carboxylic acids is 2. The second-order valence-corrected chi connectivity index (χ2v) is 9.92. The summed E-state index contributed by atoms with van der Waals surface area (Å²) in [4.78, 5) is 29.5. The summed E-state index contributed by atoms with van der Waals surface area (Å²) >= 11 is 0. The van der Waals surface area contributed by atoms with E-state index in [9.17, 15) is 14.7 Å². The summed E-state index contributed by atoms with van der Waals surface area (Å²) in [5, 5.41) is 9.47. The first-order valence-corrected chi connectivity index (χ1v) is 12.8. The molecular formula is C31H32N2O5. The Balaban J connectivity index is 1.46. The number of aliphatic hydroxyl groups excluding tert-OH is 1. The Morgan fingerprint density at radius 2 is 1.63 bits per heavy atom. The first kappa shape index (κ1) is 26.0. The Labute approximate surface area is 222 Å². The molecule has 2 aliphatic rings. The summed E-state index contributed by atoms with van der Waals surface area (Å²) < 4.78 is 13.0. The fourth-order valence-electron chi connectivity index (χ4n) is 5.16. The van der Waals surface area contributed by atoms with E-state index in [1.807, 2.05) is 49.5 Å². The molecule has 1 N–H and O–H groups in total. The van der Waals surface area contributed by atoms with Gasteiger partial charge in [-0.1, -0.05) is 61.5 Å². The van der Waals surface area contributed by atoms with Gasteiger partial charge in [-0.2, -0.15) is 0 Å². The molecule has 1 saturated heterocycles. The molecule has 5 rings (SSSR count). The zero-order chi connectivity index (χ0) is 26.8. The summed E-state index contributed by atoms with van der Waals surface area (Å²) in [6.45, 7) is 7.34. The molecule has 2 aliphatic heterocycles. The lowest BCUT2D eigenvalue weighted by atomic mass is 9.90. The van der Waals surface area contributed by atoms with E-state index in [4.69, 9.17) is 9.47 Å². The van der Waals surface area contributed by atoms with Crippen molar-refractivity contribution in [2.75, 3.05) is 25.0 Å². The number of nitrogens with zero attached hydrogens (tertiary/aromatic N) is 2. The quantitative estimate of drug-likeness (QED) is 0.342. The number of imide groups is 1. The minimum absolute atomic E-state index is 0.0212. The van der Waals surface area contributed by atoms with E-state index in [2.05, 4.69) is 18.4 Å². The van der Waals surface area contributed by atoms with Crippen molar-refractivity contribution in [1.82, 2.24) is 4.90 Å². The van der Waals surface area contributed by atoms with Gasteiger partial charge in [0.2, 0.25) is 0 Å². The number of ether oxygens (including phenoxy) is 2. The zero-order valence-electron chi connectivity index (χ0n) is 21.6. The number of amides is 2. The SMILES string of the molecule is C=CCN(C)C[C@H]1O[C@@H](c2cccc(N3C(=O)c4ccccc4C3=O)c2)O[C@@H](c2ccc(CO)cc2)[C@H]1C. The molecule has 0 spiro atoms. The van der Waals surface area contributed by atoms with Crippen LogP contribution in [-0.2, 0) is 16.1 Å². The third-order valence-corrected chi connectivity index (χ3v) is 7.25. The first-order valence-electron chi connectivity index (χ1n) is 12.8. The highest BCUT2D eigenvalue weighted by Gasteiger charge is 2.40. The molecule has 2 amide bonds. The lowest BCUT2D eigenvalue weighted by Gasteiger charge is -2.42. The van der Waals surface area contributed by atoms with Crippen molar-refractivity contribution in [1.29, 1.82) is 0 Å². The largest absolute Gasteiger partial charge is 0.392 e. The smallest absolute Gasteiger partial charge is 0.266 e. The van der Waals surface area contributed by atoms with Crippen LogP contribution in [0.25, 0.3) is 0 Å². The van der Waals surface area contributed by atoms with E-state index in [0.29, 0.717) is 23.4 Å². The molecule has 2 heterocycles. The van der Waals surface area contributed by atoms with Crippen molar-refractivity contribution in [3.8, 4) is 0 Å². The summed E-state index contributed by atoms with van der Waals surface area (Å²) in [5.41, 5.74) is 3.83. The molecule has 0 aliphatic carbocycles. The predicted molar refractivity (Wildman–Crippen MR) is 145 cm³/mol. The molecule has 38 heavy (non-hydrogen) atoms. The summed E-state index contributed by atoms with van der Waals surface area (Å²) in [6, 6.07) is 21.9. The van der Waals surface area contributed by atoms with Crippen molar-refractivity contribution in [2.45, 2.75) is 32.0 Å². The number of hydrogen-bond donors (Lipinski definition) is 1. The van der Waals surface area contributed by atoms with E-state index in [1.165, 1.54) is 4.90 Å².